The van der Waals surface area contributed by atoms with Gasteiger partial charge in [-0.2, -0.15) is 0 Å². The number of para-hydroxylation sites is 1. The number of rotatable bonds is 4. The van der Waals surface area contributed by atoms with Crippen molar-refractivity contribution in [3.05, 3.63) is 175 Å². The summed E-state index contributed by atoms with van der Waals surface area (Å²) in [4.78, 5) is 0. The normalized spacial score (nSPS) is 14.3. The van der Waals surface area contributed by atoms with Crippen molar-refractivity contribution in [3.8, 4) is 33.6 Å². The predicted octanol–water partition coefficient (Wildman–Crippen LogP) is 12.4. The van der Waals surface area contributed by atoms with Gasteiger partial charge in [0.1, 0.15) is 0 Å². The minimum Gasteiger partial charge on any atom is -0.312 e. The number of hydrogen-bond acceptors (Lipinski definition) is 0. The fourth-order valence-corrected chi connectivity index (χ4v) is 8.23. The third-order valence-corrected chi connectivity index (χ3v) is 10.4. The molecule has 0 saturated heterocycles. The molecule has 1 unspecified atom stereocenters. The molecule has 10 rings (SSSR count). The van der Waals surface area contributed by atoms with E-state index in [1.54, 1.807) is 0 Å². The van der Waals surface area contributed by atoms with Crippen LogP contribution in [0.5, 0.6) is 0 Å². The molecule has 9 aromatic rings. The van der Waals surface area contributed by atoms with Crippen LogP contribution in [0.1, 0.15) is 18.2 Å². The van der Waals surface area contributed by atoms with Gasteiger partial charge in [-0.05, 0) is 70.3 Å². The number of aromatic nitrogens is 2. The molecule has 0 N–H and O–H groups in total. The van der Waals surface area contributed by atoms with E-state index in [0.29, 0.717) is 5.92 Å². The van der Waals surface area contributed by atoms with E-state index in [1.807, 2.05) is 0 Å². The molecule has 0 spiro atoms. The Kier molecular flexibility index (Phi) is 6.25. The maximum absolute atomic E-state index is 2.57. The van der Waals surface area contributed by atoms with Crippen molar-refractivity contribution in [3.63, 3.8) is 0 Å². The molecule has 1 aliphatic carbocycles. The lowest BCUT2D eigenvalue weighted by molar-refractivity contribution is 0.691. The van der Waals surface area contributed by atoms with Crippen LogP contribution in [0.2, 0.25) is 0 Å². The van der Waals surface area contributed by atoms with E-state index in [-0.39, 0.29) is 0 Å². The highest BCUT2D eigenvalue weighted by molar-refractivity contribution is 6.33. The molecule has 2 aromatic heterocycles. The lowest BCUT2D eigenvalue weighted by Crippen LogP contribution is -2.08. The van der Waals surface area contributed by atoms with Crippen LogP contribution in [0.25, 0.3) is 83.2 Å². The van der Waals surface area contributed by atoms with Gasteiger partial charge in [0.25, 0.3) is 0 Å². The summed E-state index contributed by atoms with van der Waals surface area (Å²) >= 11 is 0. The maximum atomic E-state index is 2.57. The van der Waals surface area contributed by atoms with Gasteiger partial charge in [-0.3, -0.25) is 0 Å². The third-order valence-electron chi connectivity index (χ3n) is 10.4. The van der Waals surface area contributed by atoms with Crippen molar-refractivity contribution in [2.75, 3.05) is 0 Å². The Morgan fingerprint density at radius 1 is 0.449 bits per heavy atom. The first-order valence-corrected chi connectivity index (χ1v) is 17.3. The van der Waals surface area contributed by atoms with Crippen LogP contribution >= 0.6 is 0 Å². The zero-order valence-electron chi connectivity index (χ0n) is 27.3. The van der Waals surface area contributed by atoms with E-state index in [0.717, 1.165) is 6.42 Å². The highest BCUT2D eigenvalue weighted by Crippen LogP contribution is 2.47. The molecule has 0 saturated carbocycles. The average Bonchev–Trinajstić information content (AvgIpc) is 3.69. The maximum Gasteiger partial charge on any atom is 0.0647 e. The molecule has 0 radical (unpaired) electrons. The third kappa shape index (κ3) is 4.27. The van der Waals surface area contributed by atoms with E-state index in [9.17, 15) is 0 Å². The van der Waals surface area contributed by atoms with E-state index in [4.69, 9.17) is 0 Å². The van der Waals surface area contributed by atoms with Crippen LogP contribution in [-0.2, 0) is 6.42 Å². The van der Waals surface area contributed by atoms with Gasteiger partial charge in [-0.15, -0.1) is 0 Å². The van der Waals surface area contributed by atoms with E-state index >= 15 is 0 Å². The summed E-state index contributed by atoms with van der Waals surface area (Å²) in [6.45, 7) is 2.33. The molecule has 1 aliphatic rings. The van der Waals surface area contributed by atoms with Crippen molar-refractivity contribution in [2.24, 2.45) is 5.92 Å². The van der Waals surface area contributed by atoms with Crippen molar-refractivity contribution < 1.29 is 0 Å². The van der Waals surface area contributed by atoms with Crippen LogP contribution in [-0.4, -0.2) is 9.13 Å². The monoisotopic (exact) mass is 626 g/mol. The van der Waals surface area contributed by atoms with Crippen LogP contribution < -0.4 is 0 Å². The minimum atomic E-state index is 0.456. The van der Waals surface area contributed by atoms with Gasteiger partial charge in [0.05, 0.1) is 16.6 Å². The SMILES string of the molecule is CC1C=Cc2c(n(-c3ccc(-c4ccccc4)cc3)c3c4ccccc4c4c5ccccc5n(-c5ccc(-c6ccccc6)cc5)c4c23)C1. The standard InChI is InChI=1S/C47H34N2/c1-31-20-29-41-43(30-31)49(37-27-23-35(24-28-37)33-14-6-3-7-15-33)46-39-17-9-8-16-38(39)44-40-18-10-11-19-42(40)48(47(44)45(41)46)36-25-21-34(22-26-36)32-12-4-2-5-13-32/h2-29,31H,30H2,1H3. The molecule has 2 nitrogen and oxygen atoms in total. The van der Waals surface area contributed by atoms with Gasteiger partial charge in [-0.1, -0.05) is 146 Å². The lowest BCUT2D eigenvalue weighted by atomic mass is 9.93. The lowest BCUT2D eigenvalue weighted by Gasteiger charge is -2.18. The van der Waals surface area contributed by atoms with Crippen LogP contribution in [0, 0.1) is 5.92 Å². The van der Waals surface area contributed by atoms with Gasteiger partial charge in [0.15, 0.2) is 0 Å². The molecule has 232 valence electrons. The van der Waals surface area contributed by atoms with Gasteiger partial charge >= 0.3 is 0 Å². The van der Waals surface area contributed by atoms with Gasteiger partial charge in [-0.25, -0.2) is 0 Å². The number of hydrogen-bond donors (Lipinski definition) is 0. The summed E-state index contributed by atoms with van der Waals surface area (Å²) in [7, 11) is 0. The fourth-order valence-electron chi connectivity index (χ4n) is 8.23. The first-order chi connectivity index (χ1) is 24.2. The minimum absolute atomic E-state index is 0.456. The molecular formula is C47H34N2. The van der Waals surface area contributed by atoms with Crippen LogP contribution in [0.15, 0.2) is 164 Å². The Hall–Kier alpha value is -6.12. The molecule has 0 fully saturated rings. The van der Waals surface area contributed by atoms with Crippen LogP contribution in [0.4, 0.5) is 0 Å². The summed E-state index contributed by atoms with van der Waals surface area (Å²) in [6, 6.07) is 57.6. The summed E-state index contributed by atoms with van der Waals surface area (Å²) in [5.41, 5.74) is 13.8. The van der Waals surface area contributed by atoms with E-state index in [2.05, 4.69) is 186 Å². The molecule has 0 aliphatic heterocycles. The topological polar surface area (TPSA) is 9.86 Å². The van der Waals surface area contributed by atoms with E-state index in [1.165, 1.54) is 88.4 Å². The second-order valence-electron chi connectivity index (χ2n) is 13.4. The van der Waals surface area contributed by atoms with Crippen molar-refractivity contribution in [2.45, 2.75) is 13.3 Å². The number of nitrogens with zero attached hydrogens (tertiary/aromatic N) is 2. The number of fused-ring (bicyclic) bond motifs is 10. The molecular weight excluding hydrogens is 593 g/mol. The largest absolute Gasteiger partial charge is 0.312 e. The van der Waals surface area contributed by atoms with Gasteiger partial charge in [0.2, 0.25) is 0 Å². The zero-order chi connectivity index (χ0) is 32.5. The molecule has 7 aromatic carbocycles. The fraction of sp³-hybridized carbons (Fsp3) is 0.0638. The Bertz CT molecular complexity index is 2710. The molecule has 0 amide bonds. The smallest absolute Gasteiger partial charge is 0.0647 e. The van der Waals surface area contributed by atoms with Crippen molar-refractivity contribution in [1.29, 1.82) is 0 Å². The second-order valence-corrected chi connectivity index (χ2v) is 13.4. The Balaban J connectivity index is 1.33. The first kappa shape index (κ1) is 27.9. The Morgan fingerprint density at radius 2 is 0.959 bits per heavy atom. The number of benzene rings is 7. The molecule has 0 bridgehead atoms. The predicted molar refractivity (Wildman–Crippen MR) is 208 cm³/mol. The van der Waals surface area contributed by atoms with Crippen LogP contribution in [0.3, 0.4) is 0 Å². The molecule has 2 heteroatoms. The summed E-state index contributed by atoms with van der Waals surface area (Å²) in [6.07, 6.45) is 5.78. The zero-order valence-corrected chi connectivity index (χ0v) is 27.3. The summed E-state index contributed by atoms with van der Waals surface area (Å²) in [5, 5.41) is 6.49. The Morgan fingerprint density at radius 3 is 1.59 bits per heavy atom. The molecule has 2 heterocycles. The molecule has 49 heavy (non-hydrogen) atoms. The highest BCUT2D eigenvalue weighted by atomic mass is 15.0. The molecule has 1 atom stereocenters. The van der Waals surface area contributed by atoms with Gasteiger partial charge in [0, 0.05) is 44.2 Å². The average molecular weight is 627 g/mol. The van der Waals surface area contributed by atoms with Gasteiger partial charge < -0.3 is 9.13 Å². The first-order valence-electron chi connectivity index (χ1n) is 17.3. The quantitative estimate of drug-likeness (QED) is 0.184. The van der Waals surface area contributed by atoms with Crippen molar-refractivity contribution >= 4 is 49.6 Å². The second kappa shape index (κ2) is 11.0. The summed E-state index contributed by atoms with van der Waals surface area (Å²) in [5.74, 6) is 0.456. The number of allylic oxidation sites excluding steroid dienone is 1. The summed E-state index contributed by atoms with van der Waals surface area (Å²) < 4.78 is 5.09. The Labute approximate surface area is 285 Å². The van der Waals surface area contributed by atoms with Crippen molar-refractivity contribution in [1.82, 2.24) is 9.13 Å². The highest BCUT2D eigenvalue weighted by Gasteiger charge is 2.28. The van der Waals surface area contributed by atoms with E-state index < -0.39 is 0 Å².